The molecule has 2 N–H and O–H groups in total. The first kappa shape index (κ1) is 11.1. The molecule has 0 saturated heterocycles. The van der Waals surface area contributed by atoms with Crippen LogP contribution >= 0.6 is 0 Å². The topological polar surface area (TPSA) is 49.3 Å². The van der Waals surface area contributed by atoms with Gasteiger partial charge in [0.25, 0.3) is 0 Å². The molecule has 0 amide bonds. The average molecular weight is 197 g/mol. The van der Waals surface area contributed by atoms with Gasteiger partial charge in [-0.15, -0.1) is 0 Å². The van der Waals surface area contributed by atoms with Crippen molar-refractivity contribution in [3.63, 3.8) is 0 Å². The van der Waals surface area contributed by atoms with E-state index in [4.69, 9.17) is 5.11 Å². The molecular formula is C11H19NO2. The number of hydrogen-bond acceptors (Lipinski definition) is 2. The van der Waals surface area contributed by atoms with Gasteiger partial charge in [-0.2, -0.15) is 0 Å². The van der Waals surface area contributed by atoms with Crippen LogP contribution in [0.1, 0.15) is 39.0 Å². The van der Waals surface area contributed by atoms with Gasteiger partial charge in [-0.1, -0.05) is 19.3 Å². The van der Waals surface area contributed by atoms with E-state index in [0.29, 0.717) is 12.0 Å². The van der Waals surface area contributed by atoms with E-state index in [2.05, 4.69) is 12.2 Å². The summed E-state index contributed by atoms with van der Waals surface area (Å²) in [5, 5.41) is 11.5. The second-order valence-electron chi connectivity index (χ2n) is 4.03. The monoisotopic (exact) mass is 197 g/mol. The van der Waals surface area contributed by atoms with Crippen LogP contribution in [0.3, 0.4) is 0 Å². The summed E-state index contributed by atoms with van der Waals surface area (Å²) in [6.07, 6.45) is 9.23. The molecular weight excluding hydrogens is 178 g/mol. The maximum Gasteiger partial charge on any atom is 0.329 e. The zero-order valence-corrected chi connectivity index (χ0v) is 8.70. The molecule has 3 nitrogen and oxygen atoms in total. The number of nitrogens with one attached hydrogen (secondary N) is 1. The predicted octanol–water partition coefficient (Wildman–Crippen LogP) is 2.14. The normalized spacial score (nSPS) is 20.9. The number of hydrogen-bond donors (Lipinski definition) is 2. The van der Waals surface area contributed by atoms with Crippen molar-refractivity contribution in [2.45, 2.75) is 45.1 Å². The third-order valence-electron chi connectivity index (χ3n) is 2.94. The summed E-state index contributed by atoms with van der Waals surface area (Å²) in [4.78, 5) is 10.2. The van der Waals surface area contributed by atoms with Crippen LogP contribution in [0.5, 0.6) is 0 Å². The van der Waals surface area contributed by atoms with E-state index in [1.54, 1.807) is 6.20 Å². The molecule has 1 aliphatic rings. The molecule has 1 rings (SSSR count). The summed E-state index contributed by atoms with van der Waals surface area (Å²) in [5.41, 5.74) is 0. The molecule has 1 atom stereocenters. The zero-order valence-electron chi connectivity index (χ0n) is 8.70. The lowest BCUT2D eigenvalue weighted by molar-refractivity contribution is -0.131. The first-order valence-corrected chi connectivity index (χ1v) is 5.35. The van der Waals surface area contributed by atoms with E-state index >= 15 is 0 Å². The molecule has 0 aromatic heterocycles. The predicted molar refractivity (Wildman–Crippen MR) is 55.9 cm³/mol. The Hall–Kier alpha value is -0.990. The van der Waals surface area contributed by atoms with Crippen molar-refractivity contribution in [1.82, 2.24) is 5.32 Å². The van der Waals surface area contributed by atoms with Crippen LogP contribution in [0.15, 0.2) is 12.3 Å². The van der Waals surface area contributed by atoms with Crippen molar-refractivity contribution in [3.8, 4) is 0 Å². The van der Waals surface area contributed by atoms with E-state index in [0.717, 1.165) is 6.08 Å². The second-order valence-corrected chi connectivity index (χ2v) is 4.03. The highest BCUT2D eigenvalue weighted by atomic mass is 16.4. The fourth-order valence-corrected chi connectivity index (χ4v) is 2.04. The Morgan fingerprint density at radius 1 is 1.43 bits per heavy atom. The maximum atomic E-state index is 10.2. The van der Waals surface area contributed by atoms with E-state index < -0.39 is 5.97 Å². The largest absolute Gasteiger partial charge is 0.478 e. The van der Waals surface area contributed by atoms with Crippen molar-refractivity contribution < 1.29 is 9.90 Å². The lowest BCUT2D eigenvalue weighted by Gasteiger charge is -2.27. The summed E-state index contributed by atoms with van der Waals surface area (Å²) in [6, 6.07) is 0.394. The number of carboxylic acids is 1. The van der Waals surface area contributed by atoms with Gasteiger partial charge in [0, 0.05) is 18.3 Å². The first-order valence-electron chi connectivity index (χ1n) is 5.35. The highest BCUT2D eigenvalue weighted by Crippen LogP contribution is 2.26. The highest BCUT2D eigenvalue weighted by Gasteiger charge is 2.18. The Bertz CT molecular complexity index is 207. The second kappa shape index (κ2) is 5.68. The first-order chi connectivity index (χ1) is 6.70. The van der Waals surface area contributed by atoms with Gasteiger partial charge >= 0.3 is 5.97 Å². The molecule has 0 spiro atoms. The van der Waals surface area contributed by atoms with Gasteiger partial charge in [0.15, 0.2) is 0 Å². The molecule has 80 valence electrons. The minimum atomic E-state index is -0.895. The van der Waals surface area contributed by atoms with Crippen LogP contribution in [0.25, 0.3) is 0 Å². The standard InChI is InChI=1S/C11H19NO2/c1-9(12-8-7-11(13)14)10-5-3-2-4-6-10/h7-10,12H,2-6H2,1H3,(H,13,14)/b8-7+/t9-/m0/s1. The van der Waals surface area contributed by atoms with Gasteiger partial charge in [-0.3, -0.25) is 0 Å². The Labute approximate surface area is 85.2 Å². The Kier molecular flexibility index (Phi) is 4.50. The van der Waals surface area contributed by atoms with Gasteiger partial charge in [0.2, 0.25) is 0 Å². The van der Waals surface area contributed by atoms with Crippen LogP contribution in [0.2, 0.25) is 0 Å². The van der Waals surface area contributed by atoms with Crippen LogP contribution in [-0.4, -0.2) is 17.1 Å². The van der Waals surface area contributed by atoms with E-state index in [-0.39, 0.29) is 0 Å². The zero-order chi connectivity index (χ0) is 10.4. The van der Waals surface area contributed by atoms with Crippen molar-refractivity contribution in [1.29, 1.82) is 0 Å². The molecule has 0 aromatic rings. The third kappa shape index (κ3) is 3.81. The van der Waals surface area contributed by atoms with E-state index in [1.165, 1.54) is 32.1 Å². The summed E-state index contributed by atoms with van der Waals surface area (Å²) in [7, 11) is 0. The van der Waals surface area contributed by atoms with E-state index in [9.17, 15) is 4.79 Å². The van der Waals surface area contributed by atoms with Gasteiger partial charge in [0.05, 0.1) is 0 Å². The average Bonchev–Trinajstić information content (AvgIpc) is 2.18. The SMILES string of the molecule is C[C@H](N/C=C/C(=O)O)C1CCCCC1. The van der Waals surface area contributed by atoms with Crippen LogP contribution in [0.4, 0.5) is 0 Å². The Morgan fingerprint density at radius 2 is 2.07 bits per heavy atom. The Balaban J connectivity index is 2.25. The molecule has 1 aliphatic carbocycles. The molecule has 1 fully saturated rings. The lowest BCUT2D eigenvalue weighted by atomic mass is 9.85. The minimum absolute atomic E-state index is 0.394. The number of carboxylic acid groups (broad SMARTS) is 1. The Morgan fingerprint density at radius 3 is 2.64 bits per heavy atom. The molecule has 0 aromatic carbocycles. The van der Waals surface area contributed by atoms with Crippen molar-refractivity contribution >= 4 is 5.97 Å². The summed E-state index contributed by atoms with van der Waals surface area (Å²) < 4.78 is 0. The number of rotatable bonds is 4. The van der Waals surface area contributed by atoms with Crippen LogP contribution in [-0.2, 0) is 4.79 Å². The van der Waals surface area contributed by atoms with E-state index in [1.807, 2.05) is 0 Å². The van der Waals surface area contributed by atoms with Crippen molar-refractivity contribution in [2.75, 3.05) is 0 Å². The molecule has 0 unspecified atom stereocenters. The molecule has 0 bridgehead atoms. The fraction of sp³-hybridized carbons (Fsp3) is 0.727. The van der Waals surface area contributed by atoms with Gasteiger partial charge in [-0.05, 0) is 25.7 Å². The lowest BCUT2D eigenvalue weighted by Crippen LogP contribution is -2.31. The highest BCUT2D eigenvalue weighted by molar-refractivity contribution is 5.79. The van der Waals surface area contributed by atoms with Crippen LogP contribution in [0, 0.1) is 5.92 Å². The summed E-state index contributed by atoms with van der Waals surface area (Å²) in [6.45, 7) is 2.13. The van der Waals surface area contributed by atoms with Gasteiger partial charge in [0.1, 0.15) is 0 Å². The summed E-state index contributed by atoms with van der Waals surface area (Å²) in [5.74, 6) is -0.185. The van der Waals surface area contributed by atoms with Crippen molar-refractivity contribution in [3.05, 3.63) is 12.3 Å². The molecule has 3 heteroatoms. The third-order valence-corrected chi connectivity index (χ3v) is 2.94. The van der Waals surface area contributed by atoms with Crippen molar-refractivity contribution in [2.24, 2.45) is 5.92 Å². The fourth-order valence-electron chi connectivity index (χ4n) is 2.04. The smallest absolute Gasteiger partial charge is 0.329 e. The molecule has 1 saturated carbocycles. The number of carbonyl (C=O) groups is 1. The number of aliphatic carboxylic acids is 1. The summed E-state index contributed by atoms with van der Waals surface area (Å²) >= 11 is 0. The molecule has 14 heavy (non-hydrogen) atoms. The molecule has 0 heterocycles. The van der Waals surface area contributed by atoms with Gasteiger partial charge in [-0.25, -0.2) is 4.79 Å². The maximum absolute atomic E-state index is 10.2. The minimum Gasteiger partial charge on any atom is -0.478 e. The molecule has 0 radical (unpaired) electrons. The molecule has 0 aliphatic heterocycles. The quantitative estimate of drug-likeness (QED) is 0.679. The van der Waals surface area contributed by atoms with Gasteiger partial charge < -0.3 is 10.4 Å². The van der Waals surface area contributed by atoms with Crippen LogP contribution < -0.4 is 5.32 Å².